The summed E-state index contributed by atoms with van der Waals surface area (Å²) < 4.78 is 13.0. The molecule has 1 saturated heterocycles. The summed E-state index contributed by atoms with van der Waals surface area (Å²) in [7, 11) is 0. The van der Waals surface area contributed by atoms with E-state index in [0.29, 0.717) is 12.0 Å². The molecule has 1 heterocycles. The number of carbonyl (C=O) groups excluding carboxylic acids is 1. The number of ketones is 1. The highest BCUT2D eigenvalue weighted by Crippen LogP contribution is 2.31. The zero-order chi connectivity index (χ0) is 15.5. The summed E-state index contributed by atoms with van der Waals surface area (Å²) >= 11 is 0. The maximum Gasteiger partial charge on any atom is 0.164 e. The Hall–Kier alpha value is -1.26. The van der Waals surface area contributed by atoms with Crippen LogP contribution in [0.3, 0.4) is 0 Å². The van der Waals surface area contributed by atoms with Crippen molar-refractivity contribution in [2.24, 2.45) is 0 Å². The van der Waals surface area contributed by atoms with Crippen LogP contribution in [0.15, 0.2) is 24.3 Å². The summed E-state index contributed by atoms with van der Waals surface area (Å²) in [5, 5.41) is 10.3. The first-order chi connectivity index (χ1) is 10.6. The molecular weight excluding hydrogens is 281 g/mol. The van der Waals surface area contributed by atoms with Crippen LogP contribution in [-0.4, -0.2) is 40.5 Å². The highest BCUT2D eigenvalue weighted by Gasteiger charge is 2.36. The standard InChI is InChI=1S/C18H24FNO2/c19-14-9-7-13(8-10-14)18(22)12-15-4-3-11-20(15)16-5-1-2-6-17(16)21/h7-10,15-17,21H,1-6,11-12H2. The lowest BCUT2D eigenvalue weighted by Crippen LogP contribution is -2.48. The summed E-state index contributed by atoms with van der Waals surface area (Å²) in [5.74, 6) is -0.244. The molecule has 2 aliphatic rings. The Bertz CT molecular complexity index is 516. The molecule has 4 heteroatoms. The molecule has 3 rings (SSSR count). The number of nitrogens with zero attached hydrogens (tertiary/aromatic N) is 1. The Morgan fingerprint density at radius 3 is 2.59 bits per heavy atom. The van der Waals surface area contributed by atoms with Gasteiger partial charge in [-0.2, -0.15) is 0 Å². The SMILES string of the molecule is O=C(CC1CCCN1C1CCCCC1O)c1ccc(F)cc1. The summed E-state index contributed by atoms with van der Waals surface area (Å²) in [5.41, 5.74) is 0.581. The molecule has 1 saturated carbocycles. The van der Waals surface area contributed by atoms with Gasteiger partial charge in [0, 0.05) is 24.1 Å². The number of aliphatic hydroxyl groups excluding tert-OH is 1. The van der Waals surface area contributed by atoms with E-state index in [9.17, 15) is 14.3 Å². The highest BCUT2D eigenvalue weighted by atomic mass is 19.1. The number of aliphatic hydroxyl groups is 1. The molecule has 2 fully saturated rings. The molecule has 1 aliphatic heterocycles. The second kappa shape index (κ2) is 6.88. The van der Waals surface area contributed by atoms with E-state index in [1.807, 2.05) is 0 Å². The van der Waals surface area contributed by atoms with Gasteiger partial charge in [0.25, 0.3) is 0 Å². The van der Waals surface area contributed by atoms with Crippen molar-refractivity contribution in [3.8, 4) is 0 Å². The third-order valence-corrected chi connectivity index (χ3v) is 5.13. The van der Waals surface area contributed by atoms with E-state index >= 15 is 0 Å². The Balaban J connectivity index is 1.65. The number of halogens is 1. The number of hydrogen-bond donors (Lipinski definition) is 1. The van der Waals surface area contributed by atoms with E-state index in [1.165, 1.54) is 12.1 Å². The maximum absolute atomic E-state index is 13.0. The summed E-state index contributed by atoms with van der Waals surface area (Å²) in [6.45, 7) is 0.975. The van der Waals surface area contributed by atoms with Gasteiger partial charge in [-0.1, -0.05) is 12.8 Å². The van der Waals surface area contributed by atoms with Crippen LogP contribution in [0, 0.1) is 5.82 Å². The second-order valence-corrected chi connectivity index (χ2v) is 6.59. The zero-order valence-corrected chi connectivity index (χ0v) is 12.9. The summed E-state index contributed by atoms with van der Waals surface area (Å²) in [6, 6.07) is 6.23. The number of hydrogen-bond acceptors (Lipinski definition) is 3. The molecule has 120 valence electrons. The molecule has 1 aromatic rings. The number of benzene rings is 1. The third kappa shape index (κ3) is 3.39. The number of carbonyl (C=O) groups is 1. The lowest BCUT2D eigenvalue weighted by atomic mass is 9.90. The molecule has 0 bridgehead atoms. The van der Waals surface area contributed by atoms with E-state index in [1.54, 1.807) is 12.1 Å². The number of likely N-dealkylation sites (tertiary alicyclic amines) is 1. The van der Waals surface area contributed by atoms with Crippen molar-refractivity contribution in [1.29, 1.82) is 0 Å². The lowest BCUT2D eigenvalue weighted by molar-refractivity contribution is 0.0124. The normalized spacial score (nSPS) is 29.6. The predicted octanol–water partition coefficient (Wildman–Crippen LogP) is 3.17. The minimum atomic E-state index is -0.315. The van der Waals surface area contributed by atoms with Gasteiger partial charge in [0.2, 0.25) is 0 Å². The summed E-state index contributed by atoms with van der Waals surface area (Å²) in [6.07, 6.45) is 6.48. The van der Waals surface area contributed by atoms with E-state index in [4.69, 9.17) is 0 Å². The van der Waals surface area contributed by atoms with E-state index in [2.05, 4.69) is 4.90 Å². The van der Waals surface area contributed by atoms with Crippen LogP contribution < -0.4 is 0 Å². The van der Waals surface area contributed by atoms with E-state index < -0.39 is 0 Å². The van der Waals surface area contributed by atoms with Gasteiger partial charge in [-0.15, -0.1) is 0 Å². The van der Waals surface area contributed by atoms with E-state index in [0.717, 1.165) is 45.1 Å². The Morgan fingerprint density at radius 1 is 1.14 bits per heavy atom. The first-order valence-electron chi connectivity index (χ1n) is 8.38. The molecule has 1 N–H and O–H groups in total. The van der Waals surface area contributed by atoms with Crippen molar-refractivity contribution < 1.29 is 14.3 Å². The number of Topliss-reactive ketones (excluding diaryl/α,β-unsaturated/α-hetero) is 1. The van der Waals surface area contributed by atoms with Gasteiger partial charge in [-0.25, -0.2) is 4.39 Å². The molecular formula is C18H24FNO2. The van der Waals surface area contributed by atoms with Crippen LogP contribution in [-0.2, 0) is 0 Å². The van der Waals surface area contributed by atoms with Gasteiger partial charge in [-0.3, -0.25) is 9.69 Å². The fraction of sp³-hybridized carbons (Fsp3) is 0.611. The molecule has 22 heavy (non-hydrogen) atoms. The molecule has 3 nitrogen and oxygen atoms in total. The van der Waals surface area contributed by atoms with E-state index in [-0.39, 0.29) is 29.8 Å². The molecule has 1 aromatic carbocycles. The Morgan fingerprint density at radius 2 is 1.86 bits per heavy atom. The number of rotatable bonds is 4. The van der Waals surface area contributed by atoms with Gasteiger partial charge in [0.1, 0.15) is 5.82 Å². The first kappa shape index (κ1) is 15.6. The van der Waals surface area contributed by atoms with Gasteiger partial charge in [-0.05, 0) is 56.5 Å². The minimum absolute atomic E-state index is 0.0715. The minimum Gasteiger partial charge on any atom is -0.391 e. The van der Waals surface area contributed by atoms with Crippen molar-refractivity contribution in [3.63, 3.8) is 0 Å². The van der Waals surface area contributed by atoms with Crippen molar-refractivity contribution in [1.82, 2.24) is 4.90 Å². The van der Waals surface area contributed by atoms with Crippen molar-refractivity contribution in [3.05, 3.63) is 35.6 Å². The molecule has 0 aromatic heterocycles. The predicted molar refractivity (Wildman–Crippen MR) is 83.3 cm³/mol. The zero-order valence-electron chi connectivity index (χ0n) is 12.9. The third-order valence-electron chi connectivity index (χ3n) is 5.13. The fourth-order valence-electron chi connectivity index (χ4n) is 3.96. The first-order valence-corrected chi connectivity index (χ1v) is 8.38. The van der Waals surface area contributed by atoms with Crippen LogP contribution >= 0.6 is 0 Å². The van der Waals surface area contributed by atoms with Crippen molar-refractivity contribution >= 4 is 5.78 Å². The monoisotopic (exact) mass is 305 g/mol. The van der Waals surface area contributed by atoms with Gasteiger partial charge in [0.05, 0.1) is 6.10 Å². The quantitative estimate of drug-likeness (QED) is 0.869. The molecule has 1 aliphatic carbocycles. The molecule has 3 unspecified atom stereocenters. The average Bonchev–Trinajstić information content (AvgIpc) is 2.96. The average molecular weight is 305 g/mol. The fourth-order valence-corrected chi connectivity index (χ4v) is 3.96. The molecule has 0 radical (unpaired) electrons. The Kier molecular flexibility index (Phi) is 4.89. The largest absolute Gasteiger partial charge is 0.391 e. The van der Waals surface area contributed by atoms with Crippen LogP contribution in [0.1, 0.15) is 55.3 Å². The van der Waals surface area contributed by atoms with Crippen LogP contribution in [0.4, 0.5) is 4.39 Å². The molecule has 0 spiro atoms. The van der Waals surface area contributed by atoms with Gasteiger partial charge < -0.3 is 5.11 Å². The lowest BCUT2D eigenvalue weighted by Gasteiger charge is -2.38. The van der Waals surface area contributed by atoms with Crippen molar-refractivity contribution in [2.45, 2.75) is 63.1 Å². The maximum atomic E-state index is 13.0. The van der Waals surface area contributed by atoms with Crippen LogP contribution in [0.2, 0.25) is 0 Å². The van der Waals surface area contributed by atoms with Crippen LogP contribution in [0.5, 0.6) is 0 Å². The highest BCUT2D eigenvalue weighted by molar-refractivity contribution is 5.96. The van der Waals surface area contributed by atoms with Gasteiger partial charge >= 0.3 is 0 Å². The topological polar surface area (TPSA) is 40.5 Å². The molecule has 3 atom stereocenters. The van der Waals surface area contributed by atoms with Crippen LogP contribution in [0.25, 0.3) is 0 Å². The molecule has 0 amide bonds. The summed E-state index contributed by atoms with van der Waals surface area (Å²) in [4.78, 5) is 14.8. The Labute approximate surface area is 131 Å². The van der Waals surface area contributed by atoms with Gasteiger partial charge in [0.15, 0.2) is 5.78 Å². The second-order valence-electron chi connectivity index (χ2n) is 6.59. The smallest absolute Gasteiger partial charge is 0.164 e. The van der Waals surface area contributed by atoms with Crippen molar-refractivity contribution in [2.75, 3.05) is 6.54 Å².